The average molecular weight is 333 g/mol. The van der Waals surface area contributed by atoms with Crippen LogP contribution < -0.4 is 15.8 Å². The Balaban J connectivity index is 1.87. The van der Waals surface area contributed by atoms with Crippen LogP contribution in [0.1, 0.15) is 19.4 Å². The number of hydrogen-bond acceptors (Lipinski definition) is 2. The number of aliphatic imine (C=N–C) groups is 1. The highest BCUT2D eigenvalue weighted by Gasteiger charge is 2.01. The molecular formula is C18H21F2N3O. The lowest BCUT2D eigenvalue weighted by atomic mass is 10.1. The summed E-state index contributed by atoms with van der Waals surface area (Å²) < 4.78 is 31.7. The minimum absolute atomic E-state index is 0.114. The molecule has 2 aromatic carbocycles. The number of anilines is 1. The third kappa shape index (κ3) is 5.87. The van der Waals surface area contributed by atoms with Crippen LogP contribution in [-0.4, -0.2) is 18.6 Å². The SMILES string of the molecule is CC(C)Oc1ccc(NC(N)=NCCc2cc(F)cc(F)c2)cc1. The van der Waals surface area contributed by atoms with Crippen molar-refractivity contribution in [3.8, 4) is 5.75 Å². The van der Waals surface area contributed by atoms with E-state index in [1.807, 2.05) is 38.1 Å². The van der Waals surface area contributed by atoms with Gasteiger partial charge < -0.3 is 15.8 Å². The van der Waals surface area contributed by atoms with Gasteiger partial charge in [-0.3, -0.25) is 4.99 Å². The smallest absolute Gasteiger partial charge is 0.193 e. The second-order valence-corrected chi connectivity index (χ2v) is 5.61. The molecule has 0 spiro atoms. The summed E-state index contributed by atoms with van der Waals surface area (Å²) in [7, 11) is 0. The van der Waals surface area contributed by atoms with Gasteiger partial charge in [-0.25, -0.2) is 8.78 Å². The van der Waals surface area contributed by atoms with Crippen LogP contribution in [-0.2, 0) is 6.42 Å². The minimum Gasteiger partial charge on any atom is -0.491 e. The molecule has 2 rings (SSSR count). The molecule has 0 aliphatic carbocycles. The summed E-state index contributed by atoms with van der Waals surface area (Å²) in [6, 6.07) is 10.8. The van der Waals surface area contributed by atoms with Gasteiger partial charge in [0.2, 0.25) is 0 Å². The van der Waals surface area contributed by atoms with Crippen LogP contribution >= 0.6 is 0 Å². The van der Waals surface area contributed by atoms with Crippen molar-refractivity contribution in [2.24, 2.45) is 10.7 Å². The van der Waals surface area contributed by atoms with Crippen LogP contribution in [0.4, 0.5) is 14.5 Å². The van der Waals surface area contributed by atoms with Crippen molar-refractivity contribution in [1.82, 2.24) is 0 Å². The number of nitrogens with zero attached hydrogens (tertiary/aromatic N) is 1. The molecule has 2 aromatic rings. The van der Waals surface area contributed by atoms with Gasteiger partial charge in [-0.1, -0.05) is 0 Å². The molecule has 0 saturated heterocycles. The highest BCUT2D eigenvalue weighted by molar-refractivity contribution is 5.92. The summed E-state index contributed by atoms with van der Waals surface area (Å²) in [6.07, 6.45) is 0.515. The summed E-state index contributed by atoms with van der Waals surface area (Å²) in [5.74, 6) is -0.170. The fourth-order valence-electron chi connectivity index (χ4n) is 2.14. The second kappa shape index (κ2) is 8.29. The predicted molar refractivity (Wildman–Crippen MR) is 92.4 cm³/mol. The topological polar surface area (TPSA) is 59.6 Å². The largest absolute Gasteiger partial charge is 0.491 e. The lowest BCUT2D eigenvalue weighted by molar-refractivity contribution is 0.242. The average Bonchev–Trinajstić information content (AvgIpc) is 2.48. The van der Waals surface area contributed by atoms with Gasteiger partial charge in [0.1, 0.15) is 17.4 Å². The van der Waals surface area contributed by atoms with E-state index in [-0.39, 0.29) is 12.1 Å². The molecule has 0 aliphatic rings. The van der Waals surface area contributed by atoms with Crippen LogP contribution in [0.2, 0.25) is 0 Å². The van der Waals surface area contributed by atoms with Crippen molar-refractivity contribution >= 4 is 11.6 Å². The summed E-state index contributed by atoms with van der Waals surface area (Å²) >= 11 is 0. The molecule has 0 radical (unpaired) electrons. The fourth-order valence-corrected chi connectivity index (χ4v) is 2.14. The lowest BCUT2D eigenvalue weighted by Crippen LogP contribution is -2.23. The van der Waals surface area contributed by atoms with E-state index in [1.54, 1.807) is 0 Å². The molecule has 4 nitrogen and oxygen atoms in total. The molecule has 0 fully saturated rings. The van der Waals surface area contributed by atoms with Gasteiger partial charge in [-0.2, -0.15) is 0 Å². The Morgan fingerprint density at radius 3 is 2.33 bits per heavy atom. The van der Waals surface area contributed by atoms with E-state index in [0.717, 1.165) is 17.5 Å². The van der Waals surface area contributed by atoms with E-state index in [2.05, 4.69) is 10.3 Å². The minimum atomic E-state index is -0.594. The number of ether oxygens (including phenoxy) is 1. The van der Waals surface area contributed by atoms with Crippen molar-refractivity contribution in [3.05, 3.63) is 59.7 Å². The first kappa shape index (κ1) is 17.7. The summed E-state index contributed by atoms with van der Waals surface area (Å²) in [5.41, 5.74) is 7.13. The molecule has 0 amide bonds. The number of rotatable bonds is 6. The number of hydrogen-bond donors (Lipinski definition) is 2. The first-order valence-corrected chi connectivity index (χ1v) is 7.71. The molecule has 3 N–H and O–H groups in total. The van der Waals surface area contributed by atoms with Crippen LogP contribution in [0.25, 0.3) is 0 Å². The molecule has 6 heteroatoms. The maximum atomic E-state index is 13.1. The molecule has 24 heavy (non-hydrogen) atoms. The van der Waals surface area contributed by atoms with Crippen LogP contribution in [0.5, 0.6) is 5.75 Å². The van der Waals surface area contributed by atoms with E-state index in [9.17, 15) is 8.78 Å². The second-order valence-electron chi connectivity index (χ2n) is 5.61. The lowest BCUT2D eigenvalue weighted by Gasteiger charge is -2.11. The van der Waals surface area contributed by atoms with Crippen LogP contribution in [0.3, 0.4) is 0 Å². The number of nitrogens with one attached hydrogen (secondary N) is 1. The molecular weight excluding hydrogens is 312 g/mol. The quantitative estimate of drug-likeness (QED) is 0.626. The monoisotopic (exact) mass is 333 g/mol. The van der Waals surface area contributed by atoms with Crippen molar-refractivity contribution in [2.45, 2.75) is 26.4 Å². The zero-order valence-corrected chi connectivity index (χ0v) is 13.7. The molecule has 128 valence electrons. The highest BCUT2D eigenvalue weighted by Crippen LogP contribution is 2.16. The van der Waals surface area contributed by atoms with E-state index >= 15 is 0 Å². The third-order valence-corrected chi connectivity index (χ3v) is 3.10. The number of nitrogens with two attached hydrogens (primary N) is 1. The van der Waals surface area contributed by atoms with Crippen molar-refractivity contribution in [1.29, 1.82) is 0 Å². The first-order chi connectivity index (χ1) is 11.4. The fraction of sp³-hybridized carbons (Fsp3) is 0.278. The van der Waals surface area contributed by atoms with Gasteiger partial charge in [-0.15, -0.1) is 0 Å². The predicted octanol–water partition coefficient (Wildman–Crippen LogP) is 3.72. The van der Waals surface area contributed by atoms with Gasteiger partial charge >= 0.3 is 0 Å². The van der Waals surface area contributed by atoms with E-state index in [1.165, 1.54) is 12.1 Å². The number of guanidine groups is 1. The molecule has 0 bridgehead atoms. The summed E-state index contributed by atoms with van der Waals surface area (Å²) in [4.78, 5) is 4.15. The van der Waals surface area contributed by atoms with Gasteiger partial charge in [0, 0.05) is 18.3 Å². The molecule has 0 aromatic heterocycles. The molecule has 0 heterocycles. The summed E-state index contributed by atoms with van der Waals surface area (Å²) in [6.45, 7) is 4.25. The molecule has 0 atom stereocenters. The zero-order valence-electron chi connectivity index (χ0n) is 13.7. The van der Waals surface area contributed by atoms with E-state index < -0.39 is 11.6 Å². The van der Waals surface area contributed by atoms with Gasteiger partial charge in [0.15, 0.2) is 5.96 Å². The maximum Gasteiger partial charge on any atom is 0.193 e. The Morgan fingerprint density at radius 1 is 1.12 bits per heavy atom. The van der Waals surface area contributed by atoms with Gasteiger partial charge in [0.05, 0.1) is 6.10 Å². The Kier molecular flexibility index (Phi) is 6.12. The standard InChI is InChI=1S/C18H21F2N3O/c1-12(2)24-17-5-3-16(4-6-17)23-18(21)22-8-7-13-9-14(19)11-15(20)10-13/h3-6,9-12H,7-8H2,1-2H3,(H3,21,22,23). The zero-order chi connectivity index (χ0) is 17.5. The maximum absolute atomic E-state index is 13.1. The van der Waals surface area contributed by atoms with Crippen molar-refractivity contribution in [3.63, 3.8) is 0 Å². The normalized spacial score (nSPS) is 11.6. The van der Waals surface area contributed by atoms with Gasteiger partial charge in [-0.05, 0) is 62.2 Å². The van der Waals surface area contributed by atoms with Crippen molar-refractivity contribution < 1.29 is 13.5 Å². The summed E-state index contributed by atoms with van der Waals surface area (Å²) in [5, 5.41) is 2.96. The van der Waals surface area contributed by atoms with E-state index in [0.29, 0.717) is 18.5 Å². The Labute approximate surface area is 140 Å². The Bertz CT molecular complexity index is 680. The Hall–Kier alpha value is -2.63. The Morgan fingerprint density at radius 2 is 1.75 bits per heavy atom. The number of benzene rings is 2. The first-order valence-electron chi connectivity index (χ1n) is 7.71. The van der Waals surface area contributed by atoms with Crippen LogP contribution in [0, 0.1) is 11.6 Å². The number of halogens is 2. The molecule has 0 aliphatic heterocycles. The molecule has 0 unspecified atom stereocenters. The molecule has 0 saturated carbocycles. The van der Waals surface area contributed by atoms with Crippen LogP contribution in [0.15, 0.2) is 47.5 Å². The van der Waals surface area contributed by atoms with E-state index in [4.69, 9.17) is 10.5 Å². The van der Waals surface area contributed by atoms with Crippen molar-refractivity contribution in [2.75, 3.05) is 11.9 Å². The van der Waals surface area contributed by atoms with Gasteiger partial charge in [0.25, 0.3) is 0 Å². The third-order valence-electron chi connectivity index (χ3n) is 3.10. The highest BCUT2D eigenvalue weighted by atomic mass is 19.1.